The molecular formula is C27H37NO4S. The van der Waals surface area contributed by atoms with E-state index < -0.39 is 6.10 Å². The van der Waals surface area contributed by atoms with Gasteiger partial charge >= 0.3 is 5.97 Å². The van der Waals surface area contributed by atoms with Crippen LogP contribution in [0, 0.1) is 0 Å². The highest BCUT2D eigenvalue weighted by atomic mass is 32.1. The average Bonchev–Trinajstić information content (AvgIpc) is 3.40. The molecule has 1 saturated heterocycles. The molecule has 2 heterocycles. The summed E-state index contributed by atoms with van der Waals surface area (Å²) in [6.07, 6.45) is 7.74. The van der Waals surface area contributed by atoms with Crippen molar-refractivity contribution in [3.05, 3.63) is 51.7 Å². The van der Waals surface area contributed by atoms with Gasteiger partial charge in [0.05, 0.1) is 12.2 Å². The van der Waals surface area contributed by atoms with Crippen molar-refractivity contribution in [3.63, 3.8) is 0 Å². The van der Waals surface area contributed by atoms with Crippen molar-refractivity contribution >= 4 is 28.9 Å². The van der Waals surface area contributed by atoms with Gasteiger partial charge in [-0.1, -0.05) is 38.3 Å². The molecule has 1 aromatic heterocycles. The fourth-order valence-electron chi connectivity index (χ4n) is 4.39. The summed E-state index contributed by atoms with van der Waals surface area (Å²) < 4.78 is 5.27. The van der Waals surface area contributed by atoms with Crippen LogP contribution in [0.5, 0.6) is 0 Å². The third kappa shape index (κ3) is 7.15. The van der Waals surface area contributed by atoms with Crippen molar-refractivity contribution in [2.75, 3.05) is 4.90 Å². The molecule has 0 spiro atoms. The van der Waals surface area contributed by atoms with Gasteiger partial charge in [0, 0.05) is 23.0 Å². The summed E-state index contributed by atoms with van der Waals surface area (Å²) in [6.45, 7) is 5.86. The minimum atomic E-state index is -0.441. The van der Waals surface area contributed by atoms with Gasteiger partial charge in [-0.3, -0.25) is 4.79 Å². The summed E-state index contributed by atoms with van der Waals surface area (Å²) in [6, 6.07) is 11.9. The summed E-state index contributed by atoms with van der Waals surface area (Å²) in [7, 11) is 0. The molecule has 0 saturated carbocycles. The van der Waals surface area contributed by atoms with Crippen LogP contribution in [-0.2, 0) is 16.0 Å². The van der Waals surface area contributed by atoms with Crippen molar-refractivity contribution in [1.82, 2.24) is 0 Å². The van der Waals surface area contributed by atoms with E-state index in [0.717, 1.165) is 62.6 Å². The normalized spacial score (nSPS) is 17.1. The van der Waals surface area contributed by atoms with Crippen LogP contribution in [0.3, 0.4) is 0 Å². The largest absolute Gasteiger partial charge is 0.459 e. The first-order chi connectivity index (χ1) is 15.9. The molecular weight excluding hydrogens is 434 g/mol. The number of carbonyl (C=O) groups is 2. The predicted molar refractivity (Wildman–Crippen MR) is 134 cm³/mol. The van der Waals surface area contributed by atoms with Crippen molar-refractivity contribution in [2.45, 2.75) is 96.8 Å². The first-order valence-corrected chi connectivity index (χ1v) is 13.1. The second kappa shape index (κ2) is 12.3. The molecule has 180 valence electrons. The van der Waals surface area contributed by atoms with Gasteiger partial charge in [-0.2, -0.15) is 0 Å². The van der Waals surface area contributed by atoms with E-state index in [0.29, 0.717) is 11.3 Å². The monoisotopic (exact) mass is 471 g/mol. The molecule has 1 N–H and O–H groups in total. The number of anilines is 1. The number of benzene rings is 1. The Balaban J connectivity index is 1.54. The van der Waals surface area contributed by atoms with E-state index in [1.165, 1.54) is 16.2 Å². The van der Waals surface area contributed by atoms with Crippen molar-refractivity contribution < 1.29 is 19.4 Å². The summed E-state index contributed by atoms with van der Waals surface area (Å²) in [5.74, 6) is -0.0844. The standard InChI is InChI=1S/C27H37NO4S/c1-4-5-6-10-24(29)20-11-13-22(14-12-20)28-21(15-18-26(28)30)8-7-9-23-16-17-25(33-23)27(31)32-19(2)3/h11-14,16-17,19,21,24,29H,4-10,15,18H2,1-3H3/t21-,24-/m0/s1. The van der Waals surface area contributed by atoms with Crippen LogP contribution in [0.1, 0.15) is 98.4 Å². The lowest BCUT2D eigenvalue weighted by Crippen LogP contribution is -2.32. The lowest BCUT2D eigenvalue weighted by Gasteiger charge is -2.25. The number of ether oxygens (including phenoxy) is 1. The highest BCUT2D eigenvalue weighted by Gasteiger charge is 2.31. The second-order valence-electron chi connectivity index (χ2n) is 9.17. The van der Waals surface area contributed by atoms with Gasteiger partial charge in [0.25, 0.3) is 0 Å². The first-order valence-electron chi connectivity index (χ1n) is 12.3. The Morgan fingerprint density at radius 1 is 1.15 bits per heavy atom. The molecule has 2 aromatic rings. The van der Waals surface area contributed by atoms with Crippen LogP contribution in [0.4, 0.5) is 5.69 Å². The Morgan fingerprint density at radius 3 is 2.61 bits per heavy atom. The quantitative estimate of drug-likeness (QED) is 0.285. The number of amides is 1. The van der Waals surface area contributed by atoms with Gasteiger partial charge in [0.1, 0.15) is 4.88 Å². The van der Waals surface area contributed by atoms with E-state index in [9.17, 15) is 14.7 Å². The number of thiophene rings is 1. The van der Waals surface area contributed by atoms with Gasteiger partial charge < -0.3 is 14.7 Å². The van der Waals surface area contributed by atoms with Crippen LogP contribution in [0.25, 0.3) is 0 Å². The van der Waals surface area contributed by atoms with Gasteiger partial charge in [-0.05, 0) is 75.8 Å². The Hall–Kier alpha value is -2.18. The molecule has 0 unspecified atom stereocenters. The van der Waals surface area contributed by atoms with Crippen LogP contribution in [-0.4, -0.2) is 29.1 Å². The topological polar surface area (TPSA) is 66.8 Å². The van der Waals surface area contributed by atoms with E-state index >= 15 is 0 Å². The third-order valence-electron chi connectivity index (χ3n) is 6.13. The van der Waals surface area contributed by atoms with E-state index in [1.54, 1.807) is 0 Å². The van der Waals surface area contributed by atoms with Crippen LogP contribution < -0.4 is 4.90 Å². The SMILES string of the molecule is CCCCC[C@H](O)c1ccc(N2C(=O)CC[C@@H]2CCCc2ccc(C(=O)OC(C)C)s2)cc1. The Labute approximate surface area is 201 Å². The van der Waals surface area contributed by atoms with Crippen LogP contribution in [0.15, 0.2) is 36.4 Å². The first kappa shape index (κ1) is 25.4. The molecule has 1 aromatic carbocycles. The molecule has 2 atom stereocenters. The number of unbranched alkanes of at least 4 members (excludes halogenated alkanes) is 2. The smallest absolute Gasteiger partial charge is 0.348 e. The Morgan fingerprint density at radius 2 is 1.91 bits per heavy atom. The van der Waals surface area contributed by atoms with Crippen molar-refractivity contribution in [1.29, 1.82) is 0 Å². The van der Waals surface area contributed by atoms with E-state index in [-0.39, 0.29) is 24.0 Å². The summed E-state index contributed by atoms with van der Waals surface area (Å²) in [5.41, 5.74) is 1.84. The van der Waals surface area contributed by atoms with E-state index in [4.69, 9.17) is 4.74 Å². The fraction of sp³-hybridized carbons (Fsp3) is 0.556. The lowest BCUT2D eigenvalue weighted by atomic mass is 10.0. The zero-order valence-corrected chi connectivity index (χ0v) is 20.9. The van der Waals surface area contributed by atoms with E-state index in [1.807, 2.05) is 55.1 Å². The number of hydrogen-bond donors (Lipinski definition) is 1. The van der Waals surface area contributed by atoms with Gasteiger partial charge in [-0.25, -0.2) is 4.79 Å². The van der Waals surface area contributed by atoms with Crippen molar-refractivity contribution in [3.8, 4) is 0 Å². The number of aliphatic hydroxyl groups excluding tert-OH is 1. The number of hydrogen-bond acceptors (Lipinski definition) is 5. The molecule has 0 aliphatic carbocycles. The zero-order chi connectivity index (χ0) is 23.8. The predicted octanol–water partition coefficient (Wildman–Crippen LogP) is 6.45. The maximum absolute atomic E-state index is 12.6. The molecule has 6 heteroatoms. The molecule has 0 bridgehead atoms. The molecule has 1 aliphatic rings. The summed E-state index contributed by atoms with van der Waals surface area (Å²) in [4.78, 5) is 28.4. The summed E-state index contributed by atoms with van der Waals surface area (Å²) >= 11 is 1.50. The maximum atomic E-state index is 12.6. The maximum Gasteiger partial charge on any atom is 0.348 e. The lowest BCUT2D eigenvalue weighted by molar-refractivity contribution is -0.117. The highest BCUT2D eigenvalue weighted by Crippen LogP contribution is 2.31. The van der Waals surface area contributed by atoms with E-state index in [2.05, 4.69) is 6.92 Å². The number of nitrogens with zero attached hydrogens (tertiary/aromatic N) is 1. The number of carbonyl (C=O) groups excluding carboxylic acids is 2. The zero-order valence-electron chi connectivity index (χ0n) is 20.1. The number of aliphatic hydroxyl groups is 1. The molecule has 0 radical (unpaired) electrons. The Kier molecular flexibility index (Phi) is 9.51. The molecule has 1 fully saturated rings. The summed E-state index contributed by atoms with van der Waals surface area (Å²) in [5, 5.41) is 10.4. The van der Waals surface area contributed by atoms with Crippen LogP contribution in [0.2, 0.25) is 0 Å². The fourth-order valence-corrected chi connectivity index (χ4v) is 5.32. The molecule has 5 nitrogen and oxygen atoms in total. The average molecular weight is 472 g/mol. The van der Waals surface area contributed by atoms with Crippen LogP contribution >= 0.6 is 11.3 Å². The molecule has 3 rings (SSSR count). The van der Waals surface area contributed by atoms with Crippen molar-refractivity contribution in [2.24, 2.45) is 0 Å². The number of esters is 1. The highest BCUT2D eigenvalue weighted by molar-refractivity contribution is 7.13. The molecule has 1 aliphatic heterocycles. The molecule has 1 amide bonds. The van der Waals surface area contributed by atoms with Gasteiger partial charge in [-0.15, -0.1) is 11.3 Å². The van der Waals surface area contributed by atoms with Gasteiger partial charge in [0.2, 0.25) is 5.91 Å². The minimum absolute atomic E-state index is 0.118. The minimum Gasteiger partial charge on any atom is -0.459 e. The number of aryl methyl sites for hydroxylation is 1. The van der Waals surface area contributed by atoms with Gasteiger partial charge in [0.15, 0.2) is 0 Å². The number of rotatable bonds is 12. The third-order valence-corrected chi connectivity index (χ3v) is 7.25. The second-order valence-corrected chi connectivity index (χ2v) is 10.3. The Bertz CT molecular complexity index is 905. The molecule has 33 heavy (non-hydrogen) atoms.